The second-order valence-electron chi connectivity index (χ2n) is 6.33. The summed E-state index contributed by atoms with van der Waals surface area (Å²) in [6, 6.07) is 13.5. The zero-order valence-electron chi connectivity index (χ0n) is 13.6. The molecular formula is C20H19NO4. The number of aromatic hydroxyl groups is 2. The zero-order chi connectivity index (χ0) is 17.4. The average molecular weight is 337 g/mol. The predicted octanol–water partition coefficient (Wildman–Crippen LogP) is 3.46. The van der Waals surface area contributed by atoms with Gasteiger partial charge in [0.2, 0.25) is 0 Å². The van der Waals surface area contributed by atoms with Crippen LogP contribution in [-0.2, 0) is 9.53 Å². The molecular weight excluding hydrogens is 318 g/mol. The summed E-state index contributed by atoms with van der Waals surface area (Å²) < 4.78 is 6.03. The van der Waals surface area contributed by atoms with Crippen LogP contribution in [0.1, 0.15) is 42.7 Å². The number of nitrogens with one attached hydrogen (secondary N) is 1. The lowest BCUT2D eigenvalue weighted by atomic mass is 9.85. The Morgan fingerprint density at radius 1 is 0.920 bits per heavy atom. The molecule has 5 heteroatoms. The number of rotatable bonds is 2. The van der Waals surface area contributed by atoms with Crippen molar-refractivity contribution in [3.05, 3.63) is 71.0 Å². The van der Waals surface area contributed by atoms with Crippen LogP contribution in [-0.4, -0.2) is 16.0 Å². The molecule has 2 unspecified atom stereocenters. The van der Waals surface area contributed by atoms with Crippen molar-refractivity contribution in [2.24, 2.45) is 0 Å². The van der Waals surface area contributed by atoms with Crippen LogP contribution in [0.2, 0.25) is 0 Å². The largest absolute Gasteiger partial charge is 0.508 e. The van der Waals surface area contributed by atoms with Gasteiger partial charge in [0.15, 0.2) is 12.0 Å². The topological polar surface area (TPSA) is 78.8 Å². The summed E-state index contributed by atoms with van der Waals surface area (Å²) in [5.74, 6) is 0.944. The van der Waals surface area contributed by atoms with Crippen molar-refractivity contribution < 1.29 is 19.7 Å². The number of carbonyl (C=O) groups is 1. The molecule has 0 spiro atoms. The van der Waals surface area contributed by atoms with Gasteiger partial charge in [0, 0.05) is 24.0 Å². The number of hydrogen-bond acceptors (Lipinski definition) is 5. The van der Waals surface area contributed by atoms with Crippen LogP contribution in [0.3, 0.4) is 0 Å². The third kappa shape index (κ3) is 2.76. The highest BCUT2D eigenvalue weighted by atomic mass is 16.5. The normalized spacial score (nSPS) is 23.1. The van der Waals surface area contributed by atoms with Crippen LogP contribution in [0.15, 0.2) is 59.9 Å². The highest BCUT2D eigenvalue weighted by molar-refractivity contribution is 5.98. The summed E-state index contributed by atoms with van der Waals surface area (Å²) >= 11 is 0. The first-order valence-electron chi connectivity index (χ1n) is 8.40. The molecule has 0 radical (unpaired) electrons. The van der Waals surface area contributed by atoms with Gasteiger partial charge >= 0.3 is 0 Å². The Bertz CT molecular complexity index is 858. The number of hydrogen-bond donors (Lipinski definition) is 3. The highest BCUT2D eigenvalue weighted by Crippen LogP contribution is 2.43. The minimum atomic E-state index is -0.588. The van der Waals surface area contributed by atoms with Crippen LogP contribution >= 0.6 is 0 Å². The van der Waals surface area contributed by atoms with E-state index in [0.29, 0.717) is 35.3 Å². The molecule has 1 aliphatic heterocycles. The molecule has 1 heterocycles. The van der Waals surface area contributed by atoms with E-state index >= 15 is 0 Å². The van der Waals surface area contributed by atoms with Gasteiger partial charge in [-0.2, -0.15) is 0 Å². The van der Waals surface area contributed by atoms with Gasteiger partial charge < -0.3 is 14.9 Å². The van der Waals surface area contributed by atoms with Crippen LogP contribution < -0.4 is 5.32 Å². The Morgan fingerprint density at radius 2 is 1.56 bits per heavy atom. The fourth-order valence-electron chi connectivity index (χ4n) is 3.53. The summed E-state index contributed by atoms with van der Waals surface area (Å²) in [4.78, 5) is 12.5. The van der Waals surface area contributed by atoms with Crippen LogP contribution in [0.4, 0.5) is 0 Å². The Labute approximate surface area is 145 Å². The number of ketones is 1. The lowest BCUT2D eigenvalue weighted by Crippen LogP contribution is -2.38. The number of benzene rings is 2. The number of para-hydroxylation sites is 2. The number of carbonyl (C=O) groups excluding carboxylic acids is 1. The number of allylic oxidation sites excluding steroid dienone is 1. The minimum Gasteiger partial charge on any atom is -0.508 e. The van der Waals surface area contributed by atoms with Gasteiger partial charge in [0.25, 0.3) is 0 Å². The van der Waals surface area contributed by atoms with Crippen molar-refractivity contribution in [3.63, 3.8) is 0 Å². The van der Waals surface area contributed by atoms with Gasteiger partial charge in [-0.25, -0.2) is 0 Å². The first kappa shape index (κ1) is 15.7. The molecule has 2 aliphatic rings. The Hall–Kier alpha value is -2.79. The van der Waals surface area contributed by atoms with Crippen molar-refractivity contribution in [2.75, 3.05) is 0 Å². The summed E-state index contributed by atoms with van der Waals surface area (Å²) in [6.45, 7) is 0. The summed E-state index contributed by atoms with van der Waals surface area (Å²) in [6.07, 6.45) is 1.32. The fraction of sp³-hybridized carbons (Fsp3) is 0.250. The highest BCUT2D eigenvalue weighted by Gasteiger charge is 2.38. The SMILES string of the molecule is O=C1CCCC2=C1C(c1ccccc1O)NC(c1ccccc1O)O2. The lowest BCUT2D eigenvalue weighted by Gasteiger charge is -2.37. The number of phenols is 2. The third-order valence-electron chi connectivity index (χ3n) is 4.74. The molecule has 2 atom stereocenters. The van der Waals surface area contributed by atoms with Crippen molar-refractivity contribution in [2.45, 2.75) is 31.5 Å². The summed E-state index contributed by atoms with van der Waals surface area (Å²) in [5, 5.41) is 23.7. The smallest absolute Gasteiger partial charge is 0.180 e. The molecule has 4 rings (SSSR count). The predicted molar refractivity (Wildman–Crippen MR) is 91.8 cm³/mol. The molecule has 0 fully saturated rings. The second kappa shape index (κ2) is 6.26. The second-order valence-corrected chi connectivity index (χ2v) is 6.33. The first-order chi connectivity index (χ1) is 12.1. The molecule has 0 bridgehead atoms. The van der Waals surface area contributed by atoms with Crippen molar-refractivity contribution >= 4 is 5.78 Å². The Balaban J connectivity index is 1.81. The molecule has 25 heavy (non-hydrogen) atoms. The maximum absolute atomic E-state index is 12.5. The maximum atomic E-state index is 12.5. The standard InChI is InChI=1S/C20H19NO4/c22-14-8-3-1-6-12(14)19-18-16(24)10-5-11-17(18)25-20(21-19)13-7-2-4-9-15(13)23/h1-4,6-9,19-23H,5,10-11H2. The molecule has 0 amide bonds. The van der Waals surface area contributed by atoms with E-state index in [9.17, 15) is 15.0 Å². The van der Waals surface area contributed by atoms with Crippen LogP contribution in [0.5, 0.6) is 11.5 Å². The van der Waals surface area contributed by atoms with Crippen molar-refractivity contribution in [1.29, 1.82) is 0 Å². The molecule has 0 saturated heterocycles. The average Bonchev–Trinajstić information content (AvgIpc) is 2.62. The van der Waals surface area contributed by atoms with Gasteiger partial charge in [-0.15, -0.1) is 0 Å². The quantitative estimate of drug-likeness (QED) is 0.782. The van der Waals surface area contributed by atoms with E-state index in [2.05, 4.69) is 5.32 Å². The van der Waals surface area contributed by atoms with E-state index in [0.717, 1.165) is 6.42 Å². The summed E-state index contributed by atoms with van der Waals surface area (Å²) in [5.41, 5.74) is 1.82. The first-order valence-corrected chi connectivity index (χ1v) is 8.40. The Kier molecular flexibility index (Phi) is 3.93. The monoisotopic (exact) mass is 337 g/mol. The fourth-order valence-corrected chi connectivity index (χ4v) is 3.53. The third-order valence-corrected chi connectivity index (χ3v) is 4.74. The molecule has 2 aromatic rings. The van der Waals surface area contributed by atoms with Gasteiger partial charge in [0.05, 0.1) is 11.6 Å². The van der Waals surface area contributed by atoms with Gasteiger partial charge in [-0.3, -0.25) is 10.1 Å². The molecule has 1 aliphatic carbocycles. The van der Waals surface area contributed by atoms with Crippen molar-refractivity contribution in [1.82, 2.24) is 5.32 Å². The number of Topliss-reactive ketones (excluding diaryl/α,β-unsaturated/α-hetero) is 1. The lowest BCUT2D eigenvalue weighted by molar-refractivity contribution is -0.118. The molecule has 0 saturated carbocycles. The minimum absolute atomic E-state index is 0.0396. The summed E-state index contributed by atoms with van der Waals surface area (Å²) in [7, 11) is 0. The number of ether oxygens (including phenoxy) is 1. The zero-order valence-corrected chi connectivity index (χ0v) is 13.6. The van der Waals surface area contributed by atoms with Crippen LogP contribution in [0, 0.1) is 0 Å². The molecule has 3 N–H and O–H groups in total. The van der Waals surface area contributed by atoms with E-state index in [1.165, 1.54) is 0 Å². The van der Waals surface area contributed by atoms with E-state index in [-0.39, 0.29) is 17.3 Å². The maximum Gasteiger partial charge on any atom is 0.180 e. The van der Waals surface area contributed by atoms with E-state index in [4.69, 9.17) is 4.74 Å². The van der Waals surface area contributed by atoms with Gasteiger partial charge in [0.1, 0.15) is 17.3 Å². The molecule has 0 aromatic heterocycles. The van der Waals surface area contributed by atoms with E-state index in [1.54, 1.807) is 36.4 Å². The molecule has 5 nitrogen and oxygen atoms in total. The Morgan fingerprint density at radius 3 is 2.24 bits per heavy atom. The molecule has 2 aromatic carbocycles. The van der Waals surface area contributed by atoms with Crippen molar-refractivity contribution in [3.8, 4) is 11.5 Å². The molecule has 128 valence electrons. The van der Waals surface area contributed by atoms with E-state index < -0.39 is 12.3 Å². The van der Waals surface area contributed by atoms with Gasteiger partial charge in [-0.05, 0) is 18.6 Å². The number of phenolic OH excluding ortho intramolecular Hbond substituents is 2. The van der Waals surface area contributed by atoms with Crippen LogP contribution in [0.25, 0.3) is 0 Å². The van der Waals surface area contributed by atoms with Gasteiger partial charge in [-0.1, -0.05) is 36.4 Å². The van der Waals surface area contributed by atoms with E-state index in [1.807, 2.05) is 12.1 Å².